The largest absolute Gasteiger partial charge is 0.465 e. The number of carbonyl (C=O) groups is 1. The molecule has 0 unspecified atom stereocenters. The van der Waals surface area contributed by atoms with E-state index in [4.69, 9.17) is 4.42 Å². The molecule has 0 fully saturated rings. The van der Waals surface area contributed by atoms with Crippen molar-refractivity contribution in [2.75, 3.05) is 5.75 Å². The summed E-state index contributed by atoms with van der Waals surface area (Å²) in [5, 5.41) is 13.4. The third-order valence-electron chi connectivity index (χ3n) is 5.14. The van der Waals surface area contributed by atoms with Gasteiger partial charge >= 0.3 is 0 Å². The first-order chi connectivity index (χ1) is 16.9. The van der Waals surface area contributed by atoms with Gasteiger partial charge < -0.3 is 4.42 Å². The second-order valence-corrected chi connectivity index (χ2v) is 9.72. The molecule has 178 valence electrons. The maximum Gasteiger partial charge on any atom is 0.250 e. The second-order valence-electron chi connectivity index (χ2n) is 8.78. The zero-order valence-electron chi connectivity index (χ0n) is 19.9. The van der Waals surface area contributed by atoms with Gasteiger partial charge in [-0.15, -0.1) is 10.2 Å². The number of nitrogens with one attached hydrogen (secondary N) is 1. The van der Waals surface area contributed by atoms with Crippen molar-refractivity contribution < 1.29 is 9.21 Å². The predicted octanol–water partition coefficient (Wildman–Crippen LogP) is 5.73. The van der Waals surface area contributed by atoms with E-state index in [0.29, 0.717) is 10.9 Å². The van der Waals surface area contributed by atoms with Crippen molar-refractivity contribution in [3.63, 3.8) is 0 Å². The molecule has 2 aromatic heterocycles. The Kier molecular flexibility index (Phi) is 7.62. The zero-order valence-corrected chi connectivity index (χ0v) is 20.7. The number of hydrogen-bond acceptors (Lipinski definition) is 6. The Morgan fingerprint density at radius 1 is 1.06 bits per heavy atom. The van der Waals surface area contributed by atoms with E-state index >= 15 is 0 Å². The molecule has 0 bridgehead atoms. The number of carbonyl (C=O) groups excluding carboxylic acids is 1. The van der Waals surface area contributed by atoms with Gasteiger partial charge in [0.05, 0.1) is 12.0 Å². The van der Waals surface area contributed by atoms with Crippen LogP contribution < -0.4 is 5.43 Å². The van der Waals surface area contributed by atoms with Gasteiger partial charge in [-0.05, 0) is 47.4 Å². The van der Waals surface area contributed by atoms with Crippen molar-refractivity contribution in [2.24, 2.45) is 5.10 Å². The number of thioether (sulfide) groups is 1. The quantitative estimate of drug-likeness (QED) is 0.196. The highest BCUT2D eigenvalue weighted by Crippen LogP contribution is 2.30. The SMILES string of the molecule is CC(C)(C)c1ccc(-c2nnc(SCC(=O)N/N=C\C=C/c3ccco3)n2-c2ccccc2)cc1. The fraction of sp³-hybridized carbons (Fsp3) is 0.185. The lowest BCUT2D eigenvalue weighted by molar-refractivity contribution is -0.118. The topological polar surface area (TPSA) is 85.3 Å². The van der Waals surface area contributed by atoms with E-state index in [9.17, 15) is 4.79 Å². The number of amides is 1. The Morgan fingerprint density at radius 3 is 2.51 bits per heavy atom. The summed E-state index contributed by atoms with van der Waals surface area (Å²) in [7, 11) is 0. The van der Waals surface area contributed by atoms with Crippen LogP contribution in [0.25, 0.3) is 23.2 Å². The first-order valence-corrected chi connectivity index (χ1v) is 12.2. The monoisotopic (exact) mass is 485 g/mol. The smallest absolute Gasteiger partial charge is 0.250 e. The number of nitrogens with zero attached hydrogens (tertiary/aromatic N) is 4. The van der Waals surface area contributed by atoms with Gasteiger partial charge in [0, 0.05) is 17.5 Å². The van der Waals surface area contributed by atoms with Gasteiger partial charge in [-0.3, -0.25) is 9.36 Å². The van der Waals surface area contributed by atoms with E-state index in [1.54, 1.807) is 24.5 Å². The highest BCUT2D eigenvalue weighted by atomic mass is 32.2. The molecule has 0 atom stereocenters. The molecular formula is C27H27N5O2S. The standard InChI is InChI=1S/C27H27N5O2S/c1-27(2,3)21-15-13-20(14-16-21)25-30-31-26(32(25)22-9-5-4-6-10-22)35-19-24(33)29-28-17-7-11-23-12-8-18-34-23/h4-18H,19H2,1-3H3,(H,29,33)/b11-7-,28-17-. The molecule has 0 saturated heterocycles. The fourth-order valence-corrected chi connectivity index (χ4v) is 4.06. The lowest BCUT2D eigenvalue weighted by Crippen LogP contribution is -2.19. The van der Waals surface area contributed by atoms with Gasteiger partial charge in [-0.25, -0.2) is 5.43 Å². The molecule has 2 aromatic carbocycles. The van der Waals surface area contributed by atoms with Crippen molar-refractivity contribution in [1.82, 2.24) is 20.2 Å². The van der Waals surface area contributed by atoms with E-state index in [1.165, 1.54) is 23.5 Å². The Bertz CT molecular complexity index is 1300. The van der Waals surface area contributed by atoms with Crippen LogP contribution >= 0.6 is 11.8 Å². The van der Waals surface area contributed by atoms with Crippen molar-refractivity contribution in [3.8, 4) is 17.1 Å². The number of para-hydroxylation sites is 1. The van der Waals surface area contributed by atoms with Gasteiger partial charge in [0.25, 0.3) is 5.91 Å². The first kappa shape index (κ1) is 24.2. The normalized spacial score (nSPS) is 12.0. The van der Waals surface area contributed by atoms with Gasteiger partial charge in [-0.1, -0.05) is 75.0 Å². The van der Waals surface area contributed by atoms with E-state index in [2.05, 4.69) is 65.8 Å². The van der Waals surface area contributed by atoms with E-state index < -0.39 is 0 Å². The lowest BCUT2D eigenvalue weighted by atomic mass is 9.87. The van der Waals surface area contributed by atoms with E-state index in [0.717, 1.165) is 17.1 Å². The van der Waals surface area contributed by atoms with Gasteiger partial charge in [0.1, 0.15) is 5.76 Å². The molecule has 7 nitrogen and oxygen atoms in total. The third-order valence-corrected chi connectivity index (χ3v) is 6.07. The molecular weight excluding hydrogens is 458 g/mol. The Labute approximate surface area is 209 Å². The minimum absolute atomic E-state index is 0.0665. The predicted molar refractivity (Wildman–Crippen MR) is 141 cm³/mol. The minimum atomic E-state index is -0.239. The maximum absolute atomic E-state index is 12.3. The van der Waals surface area contributed by atoms with Gasteiger partial charge in [0.15, 0.2) is 11.0 Å². The molecule has 0 aliphatic rings. The third kappa shape index (κ3) is 6.36. The fourth-order valence-electron chi connectivity index (χ4n) is 3.32. The minimum Gasteiger partial charge on any atom is -0.465 e. The molecule has 0 aliphatic heterocycles. The highest BCUT2D eigenvalue weighted by molar-refractivity contribution is 7.99. The number of hydrogen-bond donors (Lipinski definition) is 1. The van der Waals surface area contributed by atoms with Crippen LogP contribution in [0.4, 0.5) is 0 Å². The van der Waals surface area contributed by atoms with Crippen LogP contribution in [0, 0.1) is 0 Å². The van der Waals surface area contributed by atoms with Crippen LogP contribution in [-0.2, 0) is 10.2 Å². The van der Waals surface area contributed by atoms with Crippen molar-refractivity contribution in [2.45, 2.75) is 31.3 Å². The molecule has 0 spiro atoms. The molecule has 0 aliphatic carbocycles. The highest BCUT2D eigenvalue weighted by Gasteiger charge is 2.18. The number of furan rings is 1. The van der Waals surface area contributed by atoms with Crippen molar-refractivity contribution >= 4 is 30.0 Å². The number of hydrazone groups is 1. The van der Waals surface area contributed by atoms with Crippen LogP contribution in [0.3, 0.4) is 0 Å². The molecule has 4 rings (SSSR count). The van der Waals surface area contributed by atoms with Crippen LogP contribution in [0.1, 0.15) is 32.1 Å². The van der Waals surface area contributed by atoms with Crippen LogP contribution in [0.2, 0.25) is 0 Å². The average molecular weight is 486 g/mol. The van der Waals surface area contributed by atoms with E-state index in [1.807, 2.05) is 41.0 Å². The Balaban J connectivity index is 1.48. The molecule has 1 amide bonds. The maximum atomic E-state index is 12.3. The number of benzene rings is 2. The summed E-state index contributed by atoms with van der Waals surface area (Å²) in [6, 6.07) is 21.9. The van der Waals surface area contributed by atoms with Crippen molar-refractivity contribution in [1.29, 1.82) is 0 Å². The lowest BCUT2D eigenvalue weighted by Gasteiger charge is -2.19. The average Bonchev–Trinajstić information content (AvgIpc) is 3.53. The van der Waals surface area contributed by atoms with Gasteiger partial charge in [0.2, 0.25) is 0 Å². The molecule has 2 heterocycles. The second kappa shape index (κ2) is 11.0. The summed E-state index contributed by atoms with van der Waals surface area (Å²) in [6.45, 7) is 6.56. The van der Waals surface area contributed by atoms with Crippen LogP contribution in [0.5, 0.6) is 0 Å². The molecule has 4 aromatic rings. The summed E-state index contributed by atoms with van der Waals surface area (Å²) in [4.78, 5) is 12.3. The number of rotatable bonds is 8. The summed E-state index contributed by atoms with van der Waals surface area (Å²) in [6.07, 6.45) is 6.53. The first-order valence-electron chi connectivity index (χ1n) is 11.2. The molecule has 0 saturated carbocycles. The van der Waals surface area contributed by atoms with Crippen LogP contribution in [-0.4, -0.2) is 32.6 Å². The summed E-state index contributed by atoms with van der Waals surface area (Å²) < 4.78 is 7.17. The zero-order chi connectivity index (χ0) is 24.7. The molecule has 8 heteroatoms. The van der Waals surface area contributed by atoms with Crippen LogP contribution in [0.15, 0.2) is 93.7 Å². The molecule has 1 N–H and O–H groups in total. The Morgan fingerprint density at radius 2 is 1.83 bits per heavy atom. The molecule has 0 radical (unpaired) electrons. The summed E-state index contributed by atoms with van der Waals surface area (Å²) in [5.74, 6) is 1.34. The summed E-state index contributed by atoms with van der Waals surface area (Å²) in [5.41, 5.74) is 5.72. The molecule has 35 heavy (non-hydrogen) atoms. The number of allylic oxidation sites excluding steroid dienone is 1. The summed E-state index contributed by atoms with van der Waals surface area (Å²) >= 11 is 1.31. The van der Waals surface area contributed by atoms with Crippen molar-refractivity contribution in [3.05, 3.63) is 90.4 Å². The Hall–Kier alpha value is -3.91. The number of aromatic nitrogens is 3. The van der Waals surface area contributed by atoms with Gasteiger partial charge in [-0.2, -0.15) is 5.10 Å². The van der Waals surface area contributed by atoms with E-state index in [-0.39, 0.29) is 17.1 Å².